The molecule has 0 aliphatic rings. The topological polar surface area (TPSA) is 57.5 Å². The second-order valence-corrected chi connectivity index (χ2v) is 5.00. The van der Waals surface area contributed by atoms with Crippen molar-refractivity contribution in [2.24, 2.45) is 0 Å². The van der Waals surface area contributed by atoms with Gasteiger partial charge in [-0.15, -0.1) is 0 Å². The fourth-order valence-corrected chi connectivity index (χ4v) is 2.27. The molecule has 0 aliphatic carbocycles. The van der Waals surface area contributed by atoms with Crippen molar-refractivity contribution in [2.75, 3.05) is 0 Å². The zero-order valence-corrected chi connectivity index (χ0v) is 11.7. The summed E-state index contributed by atoms with van der Waals surface area (Å²) < 4.78 is 0. The van der Waals surface area contributed by atoms with E-state index in [2.05, 4.69) is 0 Å². The third-order valence-corrected chi connectivity index (χ3v) is 3.45. The number of aromatic hydroxyl groups is 2. The summed E-state index contributed by atoms with van der Waals surface area (Å²) in [5, 5.41) is 18.6. The van der Waals surface area contributed by atoms with Crippen molar-refractivity contribution in [3.8, 4) is 22.6 Å². The van der Waals surface area contributed by atoms with Crippen LogP contribution in [0.25, 0.3) is 11.1 Å². The molecule has 22 heavy (non-hydrogen) atoms. The summed E-state index contributed by atoms with van der Waals surface area (Å²) in [7, 11) is 0. The van der Waals surface area contributed by atoms with Gasteiger partial charge in [-0.1, -0.05) is 30.3 Å². The van der Waals surface area contributed by atoms with Gasteiger partial charge in [0.15, 0.2) is 5.78 Å². The molecule has 3 aromatic rings. The molecule has 3 heteroatoms. The maximum atomic E-state index is 12.5. The minimum absolute atomic E-state index is 0.0966. The van der Waals surface area contributed by atoms with Crippen LogP contribution in [-0.2, 0) is 0 Å². The summed E-state index contributed by atoms with van der Waals surface area (Å²) in [6.45, 7) is 0. The first-order valence-corrected chi connectivity index (χ1v) is 6.87. The molecule has 0 aliphatic heterocycles. The van der Waals surface area contributed by atoms with E-state index in [0.717, 1.165) is 11.1 Å². The van der Waals surface area contributed by atoms with E-state index in [1.54, 1.807) is 42.5 Å². The Labute approximate surface area is 128 Å². The van der Waals surface area contributed by atoms with Crippen molar-refractivity contribution in [2.45, 2.75) is 0 Å². The molecular formula is C19H14O3. The minimum atomic E-state index is -0.0966. The Hall–Kier alpha value is -3.07. The van der Waals surface area contributed by atoms with Crippen LogP contribution in [0.5, 0.6) is 11.5 Å². The summed E-state index contributed by atoms with van der Waals surface area (Å²) in [6.07, 6.45) is 0. The predicted molar refractivity (Wildman–Crippen MR) is 85.1 cm³/mol. The Morgan fingerprint density at radius 1 is 0.636 bits per heavy atom. The van der Waals surface area contributed by atoms with E-state index in [-0.39, 0.29) is 17.3 Å². The maximum Gasteiger partial charge on any atom is 0.193 e. The maximum absolute atomic E-state index is 12.5. The van der Waals surface area contributed by atoms with Crippen molar-refractivity contribution < 1.29 is 15.0 Å². The molecule has 108 valence electrons. The van der Waals surface area contributed by atoms with Crippen molar-refractivity contribution in [3.05, 3.63) is 83.9 Å². The lowest BCUT2D eigenvalue weighted by Gasteiger charge is -2.06. The molecule has 3 aromatic carbocycles. The first-order chi connectivity index (χ1) is 10.6. The van der Waals surface area contributed by atoms with Crippen LogP contribution in [0.15, 0.2) is 72.8 Å². The van der Waals surface area contributed by atoms with Crippen LogP contribution in [-0.4, -0.2) is 16.0 Å². The molecule has 0 heterocycles. The first kappa shape index (κ1) is 13.9. The van der Waals surface area contributed by atoms with Crippen molar-refractivity contribution in [1.29, 1.82) is 0 Å². The molecule has 0 unspecified atom stereocenters. The van der Waals surface area contributed by atoms with Gasteiger partial charge in [0.05, 0.1) is 0 Å². The highest BCUT2D eigenvalue weighted by atomic mass is 16.3. The Kier molecular flexibility index (Phi) is 3.62. The van der Waals surface area contributed by atoms with Gasteiger partial charge < -0.3 is 10.2 Å². The zero-order chi connectivity index (χ0) is 15.5. The molecule has 0 fully saturated rings. The smallest absolute Gasteiger partial charge is 0.193 e. The Morgan fingerprint density at radius 3 is 1.86 bits per heavy atom. The fraction of sp³-hybridized carbons (Fsp3) is 0. The second-order valence-electron chi connectivity index (χ2n) is 5.00. The Morgan fingerprint density at radius 2 is 1.23 bits per heavy atom. The van der Waals surface area contributed by atoms with Gasteiger partial charge in [-0.05, 0) is 53.6 Å². The van der Waals surface area contributed by atoms with Crippen molar-refractivity contribution >= 4 is 5.78 Å². The number of hydrogen-bond donors (Lipinski definition) is 2. The molecule has 2 N–H and O–H groups in total. The predicted octanol–water partition coefficient (Wildman–Crippen LogP) is 4.00. The minimum Gasteiger partial charge on any atom is -0.508 e. The lowest BCUT2D eigenvalue weighted by Crippen LogP contribution is -2.00. The van der Waals surface area contributed by atoms with Gasteiger partial charge in [-0.2, -0.15) is 0 Å². The van der Waals surface area contributed by atoms with Crippen LogP contribution < -0.4 is 0 Å². The number of carbonyl (C=O) groups is 1. The summed E-state index contributed by atoms with van der Waals surface area (Å²) in [4.78, 5) is 12.5. The molecule has 3 nitrogen and oxygen atoms in total. The third-order valence-electron chi connectivity index (χ3n) is 3.45. The van der Waals surface area contributed by atoms with Gasteiger partial charge in [0.25, 0.3) is 0 Å². The van der Waals surface area contributed by atoms with Crippen LogP contribution in [0.1, 0.15) is 15.9 Å². The van der Waals surface area contributed by atoms with Crippen LogP contribution in [0.3, 0.4) is 0 Å². The van der Waals surface area contributed by atoms with Gasteiger partial charge in [-0.25, -0.2) is 0 Å². The van der Waals surface area contributed by atoms with Gasteiger partial charge in [0, 0.05) is 11.1 Å². The zero-order valence-electron chi connectivity index (χ0n) is 11.7. The lowest BCUT2D eigenvalue weighted by atomic mass is 9.98. The van der Waals surface area contributed by atoms with Gasteiger partial charge in [0.2, 0.25) is 0 Å². The third kappa shape index (κ3) is 2.83. The molecule has 0 spiro atoms. The highest BCUT2D eigenvalue weighted by Crippen LogP contribution is 2.24. The highest BCUT2D eigenvalue weighted by Gasteiger charge is 2.10. The highest BCUT2D eigenvalue weighted by molar-refractivity contribution is 6.09. The van der Waals surface area contributed by atoms with E-state index in [0.29, 0.717) is 11.1 Å². The molecule has 0 amide bonds. The fourth-order valence-electron chi connectivity index (χ4n) is 2.27. The molecular weight excluding hydrogens is 276 g/mol. The first-order valence-electron chi connectivity index (χ1n) is 6.87. The van der Waals surface area contributed by atoms with Gasteiger partial charge >= 0.3 is 0 Å². The van der Waals surface area contributed by atoms with E-state index in [1.165, 1.54) is 12.1 Å². The van der Waals surface area contributed by atoms with Crippen LogP contribution in [0.2, 0.25) is 0 Å². The van der Waals surface area contributed by atoms with E-state index in [9.17, 15) is 15.0 Å². The lowest BCUT2D eigenvalue weighted by molar-refractivity contribution is 0.103. The van der Waals surface area contributed by atoms with Crippen LogP contribution in [0.4, 0.5) is 0 Å². The number of hydrogen-bond acceptors (Lipinski definition) is 3. The largest absolute Gasteiger partial charge is 0.508 e. The van der Waals surface area contributed by atoms with Crippen LogP contribution in [0, 0.1) is 0 Å². The number of phenolic OH excluding ortho intramolecular Hbond substituents is 2. The molecule has 0 atom stereocenters. The van der Waals surface area contributed by atoms with E-state index >= 15 is 0 Å². The normalized spacial score (nSPS) is 10.4. The average molecular weight is 290 g/mol. The Bertz CT molecular complexity index is 803. The SMILES string of the molecule is O=C(c1ccc(O)cc1)c1cccc(-c2ccc(O)cc2)c1. The van der Waals surface area contributed by atoms with Crippen LogP contribution >= 0.6 is 0 Å². The van der Waals surface area contributed by atoms with Crippen molar-refractivity contribution in [3.63, 3.8) is 0 Å². The number of phenols is 2. The average Bonchev–Trinajstić information content (AvgIpc) is 2.56. The summed E-state index contributed by atoms with van der Waals surface area (Å²) in [5.41, 5.74) is 2.94. The Balaban J connectivity index is 1.95. The monoisotopic (exact) mass is 290 g/mol. The number of ketones is 1. The number of benzene rings is 3. The molecule has 0 radical (unpaired) electrons. The van der Waals surface area contributed by atoms with E-state index < -0.39 is 0 Å². The van der Waals surface area contributed by atoms with E-state index in [4.69, 9.17) is 0 Å². The molecule has 0 bridgehead atoms. The van der Waals surface area contributed by atoms with E-state index in [1.807, 2.05) is 18.2 Å². The standard InChI is InChI=1S/C19H14O3/c20-17-8-4-13(5-9-17)15-2-1-3-16(12-15)19(22)14-6-10-18(21)11-7-14/h1-12,20-21H. The number of carbonyl (C=O) groups excluding carboxylic acids is 1. The molecule has 0 saturated carbocycles. The number of rotatable bonds is 3. The van der Waals surface area contributed by atoms with Crippen molar-refractivity contribution in [1.82, 2.24) is 0 Å². The van der Waals surface area contributed by atoms with Gasteiger partial charge in [0.1, 0.15) is 11.5 Å². The summed E-state index contributed by atoms with van der Waals surface area (Å²) in [5.74, 6) is 0.245. The summed E-state index contributed by atoms with van der Waals surface area (Å²) in [6, 6.07) is 20.4. The van der Waals surface area contributed by atoms with Gasteiger partial charge in [-0.3, -0.25) is 4.79 Å². The quantitative estimate of drug-likeness (QED) is 0.717. The summed E-state index contributed by atoms with van der Waals surface area (Å²) >= 11 is 0. The molecule has 0 aromatic heterocycles. The molecule has 3 rings (SSSR count). The second kappa shape index (κ2) is 5.74. The molecule has 0 saturated heterocycles.